The minimum atomic E-state index is -0.485. The number of rotatable bonds is 3. The van der Waals surface area contributed by atoms with Crippen molar-refractivity contribution in [3.05, 3.63) is 42.1 Å². The van der Waals surface area contributed by atoms with E-state index < -0.39 is 6.10 Å². The number of hydrogen-bond donors (Lipinski definition) is 2. The monoisotopic (exact) mass is 202 g/mol. The third-order valence-corrected chi connectivity index (χ3v) is 2.45. The summed E-state index contributed by atoms with van der Waals surface area (Å²) in [6.45, 7) is 0.488. The molecule has 78 valence electrons. The van der Waals surface area contributed by atoms with Gasteiger partial charge in [-0.2, -0.15) is 0 Å². The van der Waals surface area contributed by atoms with E-state index in [9.17, 15) is 5.11 Å². The zero-order valence-corrected chi connectivity index (χ0v) is 8.43. The quantitative estimate of drug-likeness (QED) is 0.795. The molecule has 0 saturated heterocycles. The largest absolute Gasteiger partial charge is 0.388 e. The zero-order valence-electron chi connectivity index (χ0n) is 8.43. The lowest BCUT2D eigenvalue weighted by Crippen LogP contribution is -2.06. The molecule has 1 heterocycles. The number of aromatic nitrogens is 1. The Balaban J connectivity index is 2.38. The normalized spacial score (nSPS) is 12.9. The van der Waals surface area contributed by atoms with E-state index in [4.69, 9.17) is 5.73 Å². The summed E-state index contributed by atoms with van der Waals surface area (Å²) in [5, 5.41) is 10.9. The number of hydrogen-bond acceptors (Lipinski definition) is 3. The number of benzene rings is 1. The molecule has 1 aromatic carbocycles. The third kappa shape index (κ3) is 2.14. The zero-order chi connectivity index (χ0) is 10.7. The maximum absolute atomic E-state index is 9.77. The second kappa shape index (κ2) is 4.38. The highest BCUT2D eigenvalue weighted by Crippen LogP contribution is 2.20. The molecular formula is C12H14N2O. The van der Waals surface area contributed by atoms with Crippen LogP contribution in [0.25, 0.3) is 10.9 Å². The predicted molar refractivity (Wildman–Crippen MR) is 60.4 cm³/mol. The van der Waals surface area contributed by atoms with Crippen molar-refractivity contribution >= 4 is 10.9 Å². The first-order valence-corrected chi connectivity index (χ1v) is 5.04. The van der Waals surface area contributed by atoms with Crippen LogP contribution >= 0.6 is 0 Å². The van der Waals surface area contributed by atoms with Gasteiger partial charge in [-0.1, -0.05) is 18.2 Å². The fraction of sp³-hybridized carbons (Fsp3) is 0.250. The maximum atomic E-state index is 9.77. The Bertz CT molecular complexity index is 456. The summed E-state index contributed by atoms with van der Waals surface area (Å²) < 4.78 is 0. The van der Waals surface area contributed by atoms with Gasteiger partial charge in [-0.15, -0.1) is 0 Å². The van der Waals surface area contributed by atoms with Crippen LogP contribution in [0.2, 0.25) is 0 Å². The van der Waals surface area contributed by atoms with E-state index in [1.807, 2.05) is 30.3 Å². The van der Waals surface area contributed by atoms with Crippen LogP contribution in [0.1, 0.15) is 18.1 Å². The highest BCUT2D eigenvalue weighted by Gasteiger charge is 2.06. The molecule has 0 saturated carbocycles. The highest BCUT2D eigenvalue weighted by atomic mass is 16.3. The Kier molecular flexibility index (Phi) is 2.94. The maximum Gasteiger partial charge on any atom is 0.0802 e. The lowest BCUT2D eigenvalue weighted by atomic mass is 10.0. The predicted octanol–water partition coefficient (Wildman–Crippen LogP) is 1.62. The number of pyridine rings is 1. The van der Waals surface area contributed by atoms with Gasteiger partial charge in [0.25, 0.3) is 0 Å². The number of nitrogens with two attached hydrogens (primary N) is 1. The first-order valence-electron chi connectivity index (χ1n) is 5.04. The second-order valence-corrected chi connectivity index (χ2v) is 3.55. The molecule has 0 aliphatic heterocycles. The van der Waals surface area contributed by atoms with Gasteiger partial charge in [0, 0.05) is 11.6 Å². The first kappa shape index (κ1) is 10.1. The molecule has 0 aliphatic rings. The van der Waals surface area contributed by atoms with E-state index in [-0.39, 0.29) is 0 Å². The summed E-state index contributed by atoms with van der Waals surface area (Å²) in [5.74, 6) is 0. The van der Waals surface area contributed by atoms with Crippen LogP contribution in [0.5, 0.6) is 0 Å². The van der Waals surface area contributed by atoms with Crippen molar-refractivity contribution in [2.45, 2.75) is 12.5 Å². The van der Waals surface area contributed by atoms with Crippen molar-refractivity contribution in [3.8, 4) is 0 Å². The van der Waals surface area contributed by atoms with E-state index in [0.29, 0.717) is 13.0 Å². The molecule has 0 spiro atoms. The minimum absolute atomic E-state index is 0.485. The summed E-state index contributed by atoms with van der Waals surface area (Å²) in [4.78, 5) is 4.24. The Labute approximate surface area is 88.6 Å². The van der Waals surface area contributed by atoms with Crippen molar-refractivity contribution in [3.63, 3.8) is 0 Å². The van der Waals surface area contributed by atoms with E-state index >= 15 is 0 Å². The van der Waals surface area contributed by atoms with Gasteiger partial charge in [0.2, 0.25) is 0 Å². The van der Waals surface area contributed by atoms with Crippen LogP contribution in [0.4, 0.5) is 0 Å². The lowest BCUT2D eigenvalue weighted by molar-refractivity contribution is 0.170. The number of nitrogens with zero attached hydrogens (tertiary/aromatic N) is 1. The number of fused-ring (bicyclic) bond motifs is 1. The number of aliphatic hydroxyl groups is 1. The first-order chi connectivity index (χ1) is 7.31. The molecule has 3 nitrogen and oxygen atoms in total. The Morgan fingerprint density at radius 2 is 2.20 bits per heavy atom. The summed E-state index contributed by atoms with van der Waals surface area (Å²) in [7, 11) is 0. The van der Waals surface area contributed by atoms with E-state index in [2.05, 4.69) is 4.98 Å². The van der Waals surface area contributed by atoms with E-state index in [1.54, 1.807) is 6.20 Å². The molecule has 1 unspecified atom stereocenters. The highest BCUT2D eigenvalue weighted by molar-refractivity contribution is 5.78. The molecule has 3 N–H and O–H groups in total. The van der Waals surface area contributed by atoms with Gasteiger partial charge in [0.1, 0.15) is 0 Å². The van der Waals surface area contributed by atoms with Gasteiger partial charge in [0.05, 0.1) is 11.6 Å². The molecule has 0 amide bonds. The van der Waals surface area contributed by atoms with Crippen LogP contribution in [0.15, 0.2) is 36.5 Å². The average Bonchev–Trinajstić information content (AvgIpc) is 2.29. The van der Waals surface area contributed by atoms with Gasteiger partial charge in [-0.05, 0) is 30.7 Å². The molecule has 0 fully saturated rings. The Hall–Kier alpha value is -1.45. The SMILES string of the molecule is NCCC(O)c1ccc2cccnc2c1. The topological polar surface area (TPSA) is 59.1 Å². The molecule has 3 heteroatoms. The van der Waals surface area contributed by atoms with Gasteiger partial charge >= 0.3 is 0 Å². The average molecular weight is 202 g/mol. The summed E-state index contributed by atoms with van der Waals surface area (Å²) in [6, 6.07) is 9.71. The molecule has 1 atom stereocenters. The van der Waals surface area contributed by atoms with Crippen LogP contribution in [-0.4, -0.2) is 16.6 Å². The van der Waals surface area contributed by atoms with Gasteiger partial charge in [-0.3, -0.25) is 4.98 Å². The molecule has 0 bridgehead atoms. The van der Waals surface area contributed by atoms with Crippen LogP contribution in [0, 0.1) is 0 Å². The molecule has 1 aromatic heterocycles. The van der Waals surface area contributed by atoms with Crippen LogP contribution in [0.3, 0.4) is 0 Å². The van der Waals surface area contributed by atoms with Crippen molar-refractivity contribution in [1.29, 1.82) is 0 Å². The molecule has 15 heavy (non-hydrogen) atoms. The molecule has 0 aliphatic carbocycles. The summed E-state index contributed by atoms with van der Waals surface area (Å²) in [5.41, 5.74) is 7.19. The third-order valence-electron chi connectivity index (χ3n) is 2.45. The molecule has 0 radical (unpaired) electrons. The van der Waals surface area contributed by atoms with Gasteiger partial charge in [0.15, 0.2) is 0 Å². The minimum Gasteiger partial charge on any atom is -0.388 e. The van der Waals surface area contributed by atoms with Gasteiger partial charge < -0.3 is 10.8 Å². The Morgan fingerprint density at radius 1 is 1.33 bits per heavy atom. The number of aliphatic hydroxyl groups excluding tert-OH is 1. The van der Waals surface area contributed by atoms with Gasteiger partial charge in [-0.25, -0.2) is 0 Å². The van der Waals surface area contributed by atoms with Crippen molar-refractivity contribution in [2.75, 3.05) is 6.54 Å². The van der Waals surface area contributed by atoms with E-state index in [0.717, 1.165) is 16.5 Å². The molecular weight excluding hydrogens is 188 g/mol. The smallest absolute Gasteiger partial charge is 0.0802 e. The van der Waals surface area contributed by atoms with Crippen molar-refractivity contribution < 1.29 is 5.11 Å². The summed E-state index contributed by atoms with van der Waals surface area (Å²) in [6.07, 6.45) is 1.85. The standard InChI is InChI=1S/C12H14N2O/c13-6-5-12(15)10-4-3-9-2-1-7-14-11(9)8-10/h1-4,7-8,12,15H,5-6,13H2. The van der Waals surface area contributed by atoms with Crippen LogP contribution < -0.4 is 5.73 Å². The Morgan fingerprint density at radius 3 is 3.00 bits per heavy atom. The van der Waals surface area contributed by atoms with Crippen molar-refractivity contribution in [2.24, 2.45) is 5.73 Å². The second-order valence-electron chi connectivity index (χ2n) is 3.55. The molecule has 2 aromatic rings. The fourth-order valence-corrected chi connectivity index (χ4v) is 1.62. The van der Waals surface area contributed by atoms with E-state index in [1.165, 1.54) is 0 Å². The van der Waals surface area contributed by atoms with Crippen LogP contribution in [-0.2, 0) is 0 Å². The van der Waals surface area contributed by atoms with Crippen molar-refractivity contribution in [1.82, 2.24) is 4.98 Å². The fourth-order valence-electron chi connectivity index (χ4n) is 1.62. The molecule has 2 rings (SSSR count). The lowest BCUT2D eigenvalue weighted by Gasteiger charge is -2.09. The summed E-state index contributed by atoms with van der Waals surface area (Å²) >= 11 is 0.